The van der Waals surface area contributed by atoms with Crippen molar-refractivity contribution < 1.29 is 22.8 Å². The van der Waals surface area contributed by atoms with Gasteiger partial charge in [0.05, 0.1) is 17.1 Å². The van der Waals surface area contributed by atoms with Crippen LogP contribution in [0.25, 0.3) is 0 Å². The molecule has 33 heavy (non-hydrogen) atoms. The summed E-state index contributed by atoms with van der Waals surface area (Å²) in [5, 5.41) is 2.86. The quantitative estimate of drug-likeness (QED) is 0.707. The molecule has 0 unspecified atom stereocenters. The van der Waals surface area contributed by atoms with Gasteiger partial charge in [0.2, 0.25) is 11.8 Å². The Balaban J connectivity index is 1.13. The standard InChI is InChI=1S/C23H28ClF3N4O2/c24-18-8-17(23(25,26)27)12-28-20(18)31-3-1-30(2-4-31)19(32)13-29-21(33)22-9-14-5-15(10-22)7-16(6-14)11-22/h8,12,14-16H,1-7,9-11,13H2,(H,29,33). The molecule has 180 valence electrons. The molecule has 5 aliphatic rings. The van der Waals surface area contributed by atoms with E-state index in [1.54, 1.807) is 9.80 Å². The number of hydrogen-bond donors (Lipinski definition) is 1. The van der Waals surface area contributed by atoms with E-state index in [4.69, 9.17) is 11.6 Å². The van der Waals surface area contributed by atoms with Gasteiger partial charge in [-0.15, -0.1) is 0 Å². The van der Waals surface area contributed by atoms with Gasteiger partial charge in [-0.05, 0) is 62.3 Å². The molecule has 0 aromatic carbocycles. The normalized spacial score (nSPS) is 31.1. The third kappa shape index (κ3) is 4.40. The first kappa shape index (κ1) is 22.7. The summed E-state index contributed by atoms with van der Waals surface area (Å²) >= 11 is 6.05. The zero-order valence-corrected chi connectivity index (χ0v) is 19.1. The predicted molar refractivity (Wildman–Crippen MR) is 117 cm³/mol. The second-order valence-corrected chi connectivity index (χ2v) is 10.7. The predicted octanol–water partition coefficient (Wildman–Crippen LogP) is 3.74. The van der Waals surface area contributed by atoms with Gasteiger partial charge in [0.25, 0.3) is 0 Å². The van der Waals surface area contributed by atoms with Crippen LogP contribution < -0.4 is 10.2 Å². The molecule has 0 radical (unpaired) electrons. The fourth-order valence-electron chi connectivity index (χ4n) is 6.83. The molecule has 4 bridgehead atoms. The first-order valence-corrected chi connectivity index (χ1v) is 12.0. The van der Waals surface area contributed by atoms with Crippen molar-refractivity contribution in [3.8, 4) is 0 Å². The number of carbonyl (C=O) groups is 2. The molecular weight excluding hydrogens is 457 g/mol. The maximum atomic E-state index is 13.1. The number of rotatable bonds is 4. The lowest BCUT2D eigenvalue weighted by atomic mass is 9.49. The molecule has 0 atom stereocenters. The maximum absolute atomic E-state index is 13.1. The minimum Gasteiger partial charge on any atom is -0.352 e. The second kappa shape index (κ2) is 8.32. The first-order valence-electron chi connectivity index (χ1n) is 11.7. The number of nitrogens with one attached hydrogen (secondary N) is 1. The van der Waals surface area contributed by atoms with Crippen molar-refractivity contribution in [3.63, 3.8) is 0 Å². The molecule has 2 amide bonds. The van der Waals surface area contributed by atoms with Crippen molar-refractivity contribution in [3.05, 3.63) is 22.8 Å². The van der Waals surface area contributed by atoms with Crippen molar-refractivity contribution >= 4 is 29.2 Å². The number of halogens is 4. The van der Waals surface area contributed by atoms with Crippen LogP contribution in [0.5, 0.6) is 0 Å². The minimum atomic E-state index is -4.50. The van der Waals surface area contributed by atoms with E-state index in [1.165, 1.54) is 19.3 Å². The minimum absolute atomic E-state index is 0.0140. The Hall–Kier alpha value is -2.03. The summed E-state index contributed by atoms with van der Waals surface area (Å²) in [7, 11) is 0. The Labute approximate surface area is 195 Å². The highest BCUT2D eigenvalue weighted by Gasteiger charge is 2.54. The highest BCUT2D eigenvalue weighted by atomic mass is 35.5. The van der Waals surface area contributed by atoms with E-state index in [-0.39, 0.29) is 34.6 Å². The van der Waals surface area contributed by atoms with E-state index in [9.17, 15) is 22.8 Å². The van der Waals surface area contributed by atoms with E-state index in [0.29, 0.717) is 43.9 Å². The number of pyridine rings is 1. The zero-order valence-electron chi connectivity index (χ0n) is 18.3. The maximum Gasteiger partial charge on any atom is 0.417 e. The smallest absolute Gasteiger partial charge is 0.352 e. The summed E-state index contributed by atoms with van der Waals surface area (Å²) in [6.45, 7) is 1.59. The van der Waals surface area contributed by atoms with Gasteiger partial charge in [-0.25, -0.2) is 4.98 Å². The van der Waals surface area contributed by atoms with Gasteiger partial charge in [-0.1, -0.05) is 11.6 Å². The highest BCUT2D eigenvalue weighted by molar-refractivity contribution is 6.33. The molecule has 1 saturated heterocycles. The molecule has 6 rings (SSSR count). The summed E-state index contributed by atoms with van der Waals surface area (Å²) in [6, 6.07) is 0.876. The molecule has 4 aliphatic carbocycles. The Kier molecular flexibility index (Phi) is 5.74. The van der Waals surface area contributed by atoms with E-state index in [2.05, 4.69) is 10.3 Å². The van der Waals surface area contributed by atoms with Crippen LogP contribution in [0.15, 0.2) is 12.3 Å². The number of nitrogens with zero attached hydrogens (tertiary/aromatic N) is 3. The van der Waals surface area contributed by atoms with Crippen molar-refractivity contribution in [1.29, 1.82) is 0 Å². The molecule has 1 aromatic heterocycles. The van der Waals surface area contributed by atoms with Crippen LogP contribution in [-0.4, -0.2) is 54.4 Å². The van der Waals surface area contributed by atoms with Gasteiger partial charge >= 0.3 is 6.18 Å². The van der Waals surface area contributed by atoms with E-state index >= 15 is 0 Å². The number of hydrogen-bond acceptors (Lipinski definition) is 4. The summed E-state index contributed by atoms with van der Waals surface area (Å²) in [4.78, 5) is 33.1. The molecule has 1 aromatic rings. The molecule has 5 fully saturated rings. The molecule has 2 heterocycles. The molecule has 6 nitrogen and oxygen atoms in total. The van der Waals surface area contributed by atoms with Crippen LogP contribution >= 0.6 is 11.6 Å². The van der Waals surface area contributed by atoms with Crippen LogP contribution in [-0.2, 0) is 15.8 Å². The molecule has 1 aliphatic heterocycles. The Morgan fingerprint density at radius 3 is 2.15 bits per heavy atom. The Morgan fingerprint density at radius 1 is 1.06 bits per heavy atom. The summed E-state index contributed by atoms with van der Waals surface area (Å²) in [5.41, 5.74) is -1.17. The lowest BCUT2D eigenvalue weighted by Crippen LogP contribution is -2.56. The van der Waals surface area contributed by atoms with Crippen LogP contribution in [0.2, 0.25) is 5.02 Å². The third-order valence-electron chi connectivity index (χ3n) is 8.00. The molecule has 1 N–H and O–H groups in total. The number of aromatic nitrogens is 1. The van der Waals surface area contributed by atoms with Gasteiger partial charge in [0.15, 0.2) is 0 Å². The monoisotopic (exact) mass is 484 g/mol. The molecule has 0 spiro atoms. The summed E-state index contributed by atoms with van der Waals surface area (Å²) in [5.74, 6) is 2.17. The summed E-state index contributed by atoms with van der Waals surface area (Å²) < 4.78 is 38.5. The van der Waals surface area contributed by atoms with Crippen molar-refractivity contribution in [2.75, 3.05) is 37.6 Å². The van der Waals surface area contributed by atoms with Gasteiger partial charge in [0, 0.05) is 37.8 Å². The van der Waals surface area contributed by atoms with Crippen molar-refractivity contribution in [1.82, 2.24) is 15.2 Å². The van der Waals surface area contributed by atoms with Crippen LogP contribution in [0.3, 0.4) is 0 Å². The number of amides is 2. The molecule has 10 heteroatoms. The molecular formula is C23H28ClF3N4O2. The number of piperazine rings is 1. The number of anilines is 1. The van der Waals surface area contributed by atoms with Crippen molar-refractivity contribution in [2.45, 2.75) is 44.7 Å². The van der Waals surface area contributed by atoms with E-state index in [0.717, 1.165) is 31.5 Å². The SMILES string of the molecule is O=C(CNC(=O)C12CC3CC(CC(C3)C1)C2)N1CCN(c2ncc(C(F)(F)F)cc2Cl)CC1. The van der Waals surface area contributed by atoms with Gasteiger partial charge < -0.3 is 15.1 Å². The highest BCUT2D eigenvalue weighted by Crippen LogP contribution is 2.60. The lowest BCUT2D eigenvalue weighted by molar-refractivity contribution is -0.148. The number of alkyl halides is 3. The second-order valence-electron chi connectivity index (χ2n) is 10.3. The third-order valence-corrected chi connectivity index (χ3v) is 8.28. The van der Waals surface area contributed by atoms with Crippen LogP contribution in [0.1, 0.15) is 44.1 Å². The van der Waals surface area contributed by atoms with Crippen LogP contribution in [0, 0.1) is 23.2 Å². The average Bonchev–Trinajstić information content (AvgIpc) is 2.76. The fraction of sp³-hybridized carbons (Fsp3) is 0.696. The van der Waals surface area contributed by atoms with Gasteiger partial charge in [-0.3, -0.25) is 9.59 Å². The van der Waals surface area contributed by atoms with Gasteiger partial charge in [-0.2, -0.15) is 13.2 Å². The zero-order chi connectivity index (χ0) is 23.4. The largest absolute Gasteiger partial charge is 0.417 e. The number of carbonyl (C=O) groups excluding carboxylic acids is 2. The van der Waals surface area contributed by atoms with Gasteiger partial charge in [0.1, 0.15) is 5.82 Å². The average molecular weight is 485 g/mol. The van der Waals surface area contributed by atoms with Crippen LogP contribution in [0.4, 0.5) is 19.0 Å². The summed E-state index contributed by atoms with van der Waals surface area (Å²) in [6.07, 6.45) is 2.92. The molecule has 4 saturated carbocycles. The topological polar surface area (TPSA) is 65.5 Å². The first-order chi connectivity index (χ1) is 15.6. The lowest BCUT2D eigenvalue weighted by Gasteiger charge is -2.55. The Bertz CT molecular complexity index is 911. The van der Waals surface area contributed by atoms with E-state index in [1.807, 2.05) is 0 Å². The Morgan fingerprint density at radius 2 is 1.64 bits per heavy atom. The fourth-order valence-corrected chi connectivity index (χ4v) is 7.12. The van der Waals surface area contributed by atoms with Crippen molar-refractivity contribution in [2.24, 2.45) is 23.2 Å². The van der Waals surface area contributed by atoms with E-state index < -0.39 is 11.7 Å².